The number of nitrogens with zero attached hydrogens (tertiary/aromatic N) is 3. The van der Waals surface area contributed by atoms with E-state index in [0.29, 0.717) is 0 Å². The zero-order chi connectivity index (χ0) is 18.0. The van der Waals surface area contributed by atoms with Crippen LogP contribution in [0.25, 0.3) is 0 Å². The first-order valence-corrected chi connectivity index (χ1v) is 9.45. The average Bonchev–Trinajstić information content (AvgIpc) is 2.79. The number of carbonyl (C=O) groups excluding carboxylic acids is 1. The Morgan fingerprint density at radius 2 is 2.00 bits per heavy atom. The number of halogens is 1. The molecule has 1 fully saturated rings. The molecule has 0 spiro atoms. The average molecular weight is 406 g/mol. The molecule has 0 radical (unpaired) electrons. The van der Waals surface area contributed by atoms with E-state index >= 15 is 0 Å². The smallest absolute Gasteiger partial charge is 0.255 e. The highest BCUT2D eigenvalue weighted by Gasteiger charge is 2.23. The maximum atomic E-state index is 12.9. The SMILES string of the molecule is Cc1cccc(C(=O)N2CCCN(Cc3c(C)noc3C)CC2)c1Br. The van der Waals surface area contributed by atoms with Crippen LogP contribution in [0.1, 0.15) is 39.4 Å². The molecule has 1 amide bonds. The van der Waals surface area contributed by atoms with Crippen molar-refractivity contribution in [3.63, 3.8) is 0 Å². The lowest BCUT2D eigenvalue weighted by Crippen LogP contribution is -2.35. The topological polar surface area (TPSA) is 49.6 Å². The Morgan fingerprint density at radius 3 is 2.72 bits per heavy atom. The quantitative estimate of drug-likeness (QED) is 0.780. The Hall–Kier alpha value is -1.66. The second-order valence-electron chi connectivity index (χ2n) is 6.66. The van der Waals surface area contributed by atoms with Crippen LogP contribution in [-0.4, -0.2) is 47.0 Å². The van der Waals surface area contributed by atoms with Crippen molar-refractivity contribution in [1.29, 1.82) is 0 Å². The first-order chi connectivity index (χ1) is 12.0. The van der Waals surface area contributed by atoms with Gasteiger partial charge in [0.1, 0.15) is 5.76 Å². The Morgan fingerprint density at radius 1 is 1.20 bits per heavy atom. The fraction of sp³-hybridized carbons (Fsp3) is 0.474. The van der Waals surface area contributed by atoms with E-state index in [-0.39, 0.29) is 5.91 Å². The minimum absolute atomic E-state index is 0.106. The Bertz CT molecular complexity index is 753. The lowest BCUT2D eigenvalue weighted by molar-refractivity contribution is 0.0760. The molecule has 25 heavy (non-hydrogen) atoms. The van der Waals surface area contributed by atoms with Crippen molar-refractivity contribution >= 4 is 21.8 Å². The third kappa shape index (κ3) is 3.96. The zero-order valence-electron chi connectivity index (χ0n) is 15.0. The van der Waals surface area contributed by atoms with E-state index in [2.05, 4.69) is 26.0 Å². The number of hydrogen-bond acceptors (Lipinski definition) is 4. The predicted molar refractivity (Wildman–Crippen MR) is 101 cm³/mol. The van der Waals surface area contributed by atoms with Gasteiger partial charge < -0.3 is 9.42 Å². The van der Waals surface area contributed by atoms with Gasteiger partial charge in [0, 0.05) is 42.8 Å². The summed E-state index contributed by atoms with van der Waals surface area (Å²) in [4.78, 5) is 17.3. The van der Waals surface area contributed by atoms with Gasteiger partial charge in [-0.1, -0.05) is 17.3 Å². The number of benzene rings is 1. The third-order valence-electron chi connectivity index (χ3n) is 4.86. The molecule has 0 unspecified atom stereocenters. The van der Waals surface area contributed by atoms with Crippen LogP contribution in [0.15, 0.2) is 27.2 Å². The molecule has 2 heterocycles. The van der Waals surface area contributed by atoms with Gasteiger partial charge in [0.05, 0.1) is 11.3 Å². The van der Waals surface area contributed by atoms with Crippen LogP contribution in [0.5, 0.6) is 0 Å². The van der Waals surface area contributed by atoms with Gasteiger partial charge in [-0.2, -0.15) is 0 Å². The predicted octanol–water partition coefficient (Wildman–Crippen LogP) is 3.71. The summed E-state index contributed by atoms with van der Waals surface area (Å²) < 4.78 is 6.16. The Labute approximate surface area is 157 Å². The molecule has 0 saturated carbocycles. The number of aromatic nitrogens is 1. The highest BCUT2D eigenvalue weighted by atomic mass is 79.9. The van der Waals surface area contributed by atoms with Crippen molar-refractivity contribution < 1.29 is 9.32 Å². The summed E-state index contributed by atoms with van der Waals surface area (Å²) in [7, 11) is 0. The van der Waals surface area contributed by atoms with Crippen LogP contribution in [0.3, 0.4) is 0 Å². The van der Waals surface area contributed by atoms with Crippen molar-refractivity contribution in [2.24, 2.45) is 0 Å². The van der Waals surface area contributed by atoms with E-state index in [4.69, 9.17) is 4.52 Å². The van der Waals surface area contributed by atoms with Gasteiger partial charge in [0.2, 0.25) is 0 Å². The van der Waals surface area contributed by atoms with Crippen molar-refractivity contribution in [2.45, 2.75) is 33.7 Å². The van der Waals surface area contributed by atoms with Crippen molar-refractivity contribution in [3.8, 4) is 0 Å². The van der Waals surface area contributed by atoms with Gasteiger partial charge in [0.25, 0.3) is 5.91 Å². The molecule has 1 aromatic heterocycles. The van der Waals surface area contributed by atoms with Gasteiger partial charge in [-0.25, -0.2) is 0 Å². The summed E-state index contributed by atoms with van der Waals surface area (Å²) in [5, 5.41) is 4.03. The molecule has 0 N–H and O–H groups in total. The number of rotatable bonds is 3. The van der Waals surface area contributed by atoms with E-state index in [1.165, 1.54) is 5.56 Å². The molecule has 1 aliphatic rings. The highest BCUT2D eigenvalue weighted by Crippen LogP contribution is 2.23. The number of carbonyl (C=O) groups is 1. The zero-order valence-corrected chi connectivity index (χ0v) is 16.6. The molecule has 3 rings (SSSR count). The van der Waals surface area contributed by atoms with Crippen molar-refractivity contribution in [3.05, 3.63) is 50.8 Å². The fourth-order valence-electron chi connectivity index (χ4n) is 3.27. The van der Waals surface area contributed by atoms with Crippen LogP contribution in [-0.2, 0) is 6.54 Å². The van der Waals surface area contributed by atoms with E-state index in [1.807, 2.05) is 43.9 Å². The van der Waals surface area contributed by atoms with Crippen molar-refractivity contribution in [2.75, 3.05) is 26.2 Å². The molecule has 5 nitrogen and oxygen atoms in total. The standard InChI is InChI=1S/C19H24BrN3O2/c1-13-6-4-7-16(18(13)20)19(24)23-9-5-8-22(10-11-23)12-17-14(2)21-25-15(17)3/h4,6-7H,5,8-12H2,1-3H3. The van der Waals surface area contributed by atoms with Gasteiger partial charge in [0.15, 0.2) is 0 Å². The Kier molecular flexibility index (Phi) is 5.59. The molecule has 1 saturated heterocycles. The van der Waals surface area contributed by atoms with Crippen molar-refractivity contribution in [1.82, 2.24) is 15.0 Å². The van der Waals surface area contributed by atoms with Gasteiger partial charge >= 0.3 is 0 Å². The van der Waals surface area contributed by atoms with Crippen LogP contribution < -0.4 is 0 Å². The van der Waals surface area contributed by atoms with E-state index in [0.717, 1.165) is 66.2 Å². The molecule has 0 bridgehead atoms. The second-order valence-corrected chi connectivity index (χ2v) is 7.45. The maximum Gasteiger partial charge on any atom is 0.255 e. The molecular formula is C19H24BrN3O2. The maximum absolute atomic E-state index is 12.9. The molecule has 0 aliphatic carbocycles. The number of amides is 1. The van der Waals surface area contributed by atoms with E-state index < -0.39 is 0 Å². The van der Waals surface area contributed by atoms with Gasteiger partial charge in [-0.05, 0) is 54.8 Å². The fourth-order valence-corrected chi connectivity index (χ4v) is 3.70. The summed E-state index contributed by atoms with van der Waals surface area (Å²) in [5.74, 6) is 0.994. The summed E-state index contributed by atoms with van der Waals surface area (Å²) >= 11 is 3.56. The monoisotopic (exact) mass is 405 g/mol. The van der Waals surface area contributed by atoms with E-state index in [1.54, 1.807) is 0 Å². The molecule has 134 valence electrons. The minimum Gasteiger partial charge on any atom is -0.361 e. The molecule has 6 heteroatoms. The largest absolute Gasteiger partial charge is 0.361 e. The third-order valence-corrected chi connectivity index (χ3v) is 5.91. The second kappa shape index (κ2) is 7.70. The normalized spacial score (nSPS) is 16.1. The van der Waals surface area contributed by atoms with Crippen LogP contribution in [0.4, 0.5) is 0 Å². The molecule has 1 aliphatic heterocycles. The molecule has 2 aromatic rings. The highest BCUT2D eigenvalue weighted by molar-refractivity contribution is 9.10. The molecule has 0 atom stereocenters. The van der Waals surface area contributed by atoms with Crippen LogP contribution in [0, 0.1) is 20.8 Å². The minimum atomic E-state index is 0.106. The lowest BCUT2D eigenvalue weighted by Gasteiger charge is -2.22. The summed E-state index contributed by atoms with van der Waals surface area (Å²) in [6.07, 6.45) is 0.971. The summed E-state index contributed by atoms with van der Waals surface area (Å²) in [6.45, 7) is 10.1. The number of aryl methyl sites for hydroxylation is 3. The van der Waals surface area contributed by atoms with E-state index in [9.17, 15) is 4.79 Å². The summed E-state index contributed by atoms with van der Waals surface area (Å²) in [5.41, 5.74) is 3.96. The number of hydrogen-bond donors (Lipinski definition) is 0. The lowest BCUT2D eigenvalue weighted by atomic mass is 10.1. The molecular weight excluding hydrogens is 382 g/mol. The summed E-state index contributed by atoms with van der Waals surface area (Å²) in [6, 6.07) is 5.84. The van der Waals surface area contributed by atoms with Gasteiger partial charge in [-0.15, -0.1) is 0 Å². The Balaban J connectivity index is 1.67. The first kappa shape index (κ1) is 18.1. The first-order valence-electron chi connectivity index (χ1n) is 8.66. The van der Waals surface area contributed by atoms with Crippen LogP contribution in [0.2, 0.25) is 0 Å². The van der Waals surface area contributed by atoms with Crippen LogP contribution >= 0.6 is 15.9 Å². The molecule has 1 aromatic carbocycles. The van der Waals surface area contributed by atoms with Gasteiger partial charge in [-0.3, -0.25) is 9.69 Å².